The SMILES string of the molecule is NC(=O)Cn1cccc2c(=O)n(Cc3ccncc3)c(=O)nc1-2. The fourth-order valence-electron chi connectivity index (χ4n) is 2.32. The maximum Gasteiger partial charge on any atom is 0.352 e. The van der Waals surface area contributed by atoms with Gasteiger partial charge in [0.1, 0.15) is 6.54 Å². The summed E-state index contributed by atoms with van der Waals surface area (Å²) < 4.78 is 2.43. The van der Waals surface area contributed by atoms with E-state index in [1.165, 1.54) is 4.57 Å². The second-order valence-corrected chi connectivity index (χ2v) is 4.98. The summed E-state index contributed by atoms with van der Waals surface area (Å²) in [5.74, 6) is -0.440. The van der Waals surface area contributed by atoms with Crippen LogP contribution in [-0.4, -0.2) is 25.0 Å². The van der Waals surface area contributed by atoms with Gasteiger partial charge in [-0.2, -0.15) is 4.98 Å². The number of rotatable bonds is 4. The lowest BCUT2D eigenvalue weighted by molar-refractivity contribution is -0.118. The fraction of sp³-hybridized carbons (Fsp3) is 0.133. The summed E-state index contributed by atoms with van der Waals surface area (Å²) in [6.07, 6.45) is 4.71. The number of aromatic nitrogens is 4. The Hall–Kier alpha value is -3.29. The number of carbonyl (C=O) groups excluding carboxylic acids is 1. The van der Waals surface area contributed by atoms with E-state index >= 15 is 0 Å². The predicted octanol–water partition coefficient (Wildman–Crippen LogP) is -0.562. The average molecular weight is 311 g/mol. The lowest BCUT2D eigenvalue weighted by atomic mass is 10.2. The largest absolute Gasteiger partial charge is 0.368 e. The van der Waals surface area contributed by atoms with Crippen LogP contribution in [0.15, 0.2) is 52.4 Å². The highest BCUT2D eigenvalue weighted by Crippen LogP contribution is 2.12. The van der Waals surface area contributed by atoms with Crippen LogP contribution >= 0.6 is 0 Å². The number of carbonyl (C=O) groups is 1. The van der Waals surface area contributed by atoms with Crippen molar-refractivity contribution in [2.45, 2.75) is 13.1 Å². The maximum absolute atomic E-state index is 12.6. The van der Waals surface area contributed by atoms with E-state index in [-0.39, 0.29) is 24.5 Å². The van der Waals surface area contributed by atoms with E-state index in [1.807, 2.05) is 0 Å². The van der Waals surface area contributed by atoms with Gasteiger partial charge in [0, 0.05) is 18.6 Å². The van der Waals surface area contributed by atoms with E-state index in [1.54, 1.807) is 42.9 Å². The number of amides is 1. The van der Waals surface area contributed by atoms with Crippen LogP contribution in [0.2, 0.25) is 0 Å². The molecular weight excluding hydrogens is 298 g/mol. The molecule has 3 heterocycles. The van der Waals surface area contributed by atoms with Crippen LogP contribution in [0.25, 0.3) is 11.4 Å². The van der Waals surface area contributed by atoms with Crippen molar-refractivity contribution in [2.24, 2.45) is 5.73 Å². The van der Waals surface area contributed by atoms with Crippen LogP contribution in [0.1, 0.15) is 5.56 Å². The van der Waals surface area contributed by atoms with E-state index in [2.05, 4.69) is 9.97 Å². The minimum absolute atomic E-state index is 0.105. The maximum atomic E-state index is 12.6. The molecule has 0 unspecified atom stereocenters. The van der Waals surface area contributed by atoms with E-state index in [4.69, 9.17) is 5.73 Å². The van der Waals surface area contributed by atoms with Gasteiger partial charge in [0.2, 0.25) is 5.91 Å². The zero-order valence-corrected chi connectivity index (χ0v) is 12.0. The number of nitrogens with two attached hydrogens (primary N) is 1. The van der Waals surface area contributed by atoms with Crippen LogP contribution in [0.5, 0.6) is 0 Å². The first-order valence-electron chi connectivity index (χ1n) is 6.83. The molecule has 2 N–H and O–H groups in total. The highest BCUT2D eigenvalue weighted by atomic mass is 16.2. The van der Waals surface area contributed by atoms with Gasteiger partial charge in [0.15, 0.2) is 5.82 Å². The summed E-state index contributed by atoms with van der Waals surface area (Å²) in [6.45, 7) is -0.0502. The van der Waals surface area contributed by atoms with Gasteiger partial charge >= 0.3 is 5.69 Å². The Kier molecular flexibility index (Phi) is 3.71. The van der Waals surface area contributed by atoms with Crippen molar-refractivity contribution in [3.63, 3.8) is 0 Å². The molecule has 0 atom stereocenters. The highest BCUT2D eigenvalue weighted by Gasteiger charge is 2.17. The second-order valence-electron chi connectivity index (χ2n) is 4.98. The van der Waals surface area contributed by atoms with Gasteiger partial charge in [0.05, 0.1) is 12.1 Å². The second kappa shape index (κ2) is 5.84. The third kappa shape index (κ3) is 2.86. The lowest BCUT2D eigenvalue weighted by Gasteiger charge is -2.13. The molecule has 0 aliphatic carbocycles. The van der Waals surface area contributed by atoms with Gasteiger partial charge in [0.25, 0.3) is 5.56 Å². The fourth-order valence-corrected chi connectivity index (χ4v) is 2.32. The molecule has 23 heavy (non-hydrogen) atoms. The Morgan fingerprint density at radius 2 is 1.91 bits per heavy atom. The standard InChI is InChI=1S/C15H13N5O3/c16-12(21)9-19-7-1-2-11-13(19)18-15(23)20(14(11)22)8-10-3-5-17-6-4-10/h1-7H,8-9H2,(H2,16,21). The first-order chi connectivity index (χ1) is 11.1. The van der Waals surface area contributed by atoms with Gasteiger partial charge in [-0.05, 0) is 29.8 Å². The van der Waals surface area contributed by atoms with Crippen molar-refractivity contribution >= 4 is 5.91 Å². The van der Waals surface area contributed by atoms with Gasteiger partial charge in [-0.25, -0.2) is 4.79 Å². The number of hydrogen-bond acceptors (Lipinski definition) is 5. The minimum Gasteiger partial charge on any atom is -0.368 e. The molecule has 3 rings (SSSR count). The van der Waals surface area contributed by atoms with Gasteiger partial charge < -0.3 is 10.3 Å². The van der Waals surface area contributed by atoms with E-state index in [9.17, 15) is 14.4 Å². The molecule has 0 radical (unpaired) electrons. The van der Waals surface area contributed by atoms with Gasteiger partial charge in [-0.15, -0.1) is 0 Å². The first-order valence-corrected chi connectivity index (χ1v) is 6.83. The molecule has 0 fully saturated rings. The molecule has 0 saturated carbocycles. The van der Waals surface area contributed by atoms with Crippen molar-refractivity contribution in [3.05, 3.63) is 69.3 Å². The van der Waals surface area contributed by atoms with E-state index in [0.717, 1.165) is 10.1 Å². The normalized spacial score (nSPS) is 10.8. The minimum atomic E-state index is -0.677. The molecule has 0 aromatic carbocycles. The number of pyridine rings is 2. The number of primary amides is 1. The summed E-state index contributed by atoms with van der Waals surface area (Å²) in [5.41, 5.74) is 5.05. The zero-order chi connectivity index (χ0) is 16.4. The Morgan fingerprint density at radius 3 is 2.61 bits per heavy atom. The summed E-state index contributed by atoms with van der Waals surface area (Å²) >= 11 is 0. The van der Waals surface area contributed by atoms with Crippen LogP contribution in [0, 0.1) is 0 Å². The van der Waals surface area contributed by atoms with E-state index < -0.39 is 17.2 Å². The summed E-state index contributed by atoms with van der Waals surface area (Å²) in [6, 6.07) is 6.60. The molecule has 1 aromatic heterocycles. The van der Waals surface area contributed by atoms with E-state index in [0.29, 0.717) is 0 Å². The lowest BCUT2D eigenvalue weighted by Crippen LogP contribution is -2.38. The van der Waals surface area contributed by atoms with Crippen molar-refractivity contribution < 1.29 is 4.79 Å². The molecule has 2 aliphatic rings. The molecule has 8 heteroatoms. The number of hydrogen-bond donors (Lipinski definition) is 1. The van der Waals surface area contributed by atoms with Crippen LogP contribution in [0.3, 0.4) is 0 Å². The van der Waals surface area contributed by atoms with Gasteiger partial charge in [-0.1, -0.05) is 0 Å². The molecule has 0 spiro atoms. The molecule has 0 saturated heterocycles. The third-order valence-electron chi connectivity index (χ3n) is 3.37. The summed E-state index contributed by atoms with van der Waals surface area (Å²) in [5, 5.41) is 0. The molecule has 1 aromatic rings. The quantitative estimate of drug-likeness (QED) is 0.694. The summed E-state index contributed by atoms with van der Waals surface area (Å²) in [7, 11) is 0. The number of nitrogens with zero attached hydrogens (tertiary/aromatic N) is 4. The molecule has 1 amide bonds. The Labute approximate surface area is 130 Å². The molecule has 8 nitrogen and oxygen atoms in total. The predicted molar refractivity (Wildman–Crippen MR) is 81.9 cm³/mol. The monoisotopic (exact) mass is 311 g/mol. The Balaban J connectivity index is 2.15. The van der Waals surface area contributed by atoms with Crippen LogP contribution in [-0.2, 0) is 17.9 Å². The van der Waals surface area contributed by atoms with Crippen molar-refractivity contribution in [1.82, 2.24) is 19.1 Å². The number of fused-ring (bicyclic) bond motifs is 1. The van der Waals surface area contributed by atoms with Crippen molar-refractivity contribution in [1.29, 1.82) is 0 Å². The molecule has 116 valence electrons. The highest BCUT2D eigenvalue weighted by molar-refractivity contribution is 5.74. The summed E-state index contributed by atoms with van der Waals surface area (Å²) in [4.78, 5) is 43.7. The van der Waals surface area contributed by atoms with Gasteiger partial charge in [-0.3, -0.25) is 19.1 Å². The Morgan fingerprint density at radius 1 is 1.17 bits per heavy atom. The molecular formula is C15H13N5O3. The first kappa shape index (κ1) is 14.6. The van der Waals surface area contributed by atoms with Crippen LogP contribution < -0.4 is 17.0 Å². The van der Waals surface area contributed by atoms with Crippen molar-refractivity contribution in [2.75, 3.05) is 0 Å². The molecule has 2 aliphatic heterocycles. The average Bonchev–Trinajstić information content (AvgIpc) is 2.53. The smallest absolute Gasteiger partial charge is 0.352 e. The third-order valence-corrected chi connectivity index (χ3v) is 3.37. The molecule has 0 bridgehead atoms. The van der Waals surface area contributed by atoms with Crippen molar-refractivity contribution in [3.8, 4) is 11.4 Å². The Bertz CT molecular complexity index is 945. The van der Waals surface area contributed by atoms with Crippen LogP contribution in [0.4, 0.5) is 0 Å². The zero-order valence-electron chi connectivity index (χ0n) is 12.0. The topological polar surface area (TPSA) is 113 Å².